The first-order chi connectivity index (χ1) is 12.4. The van der Waals surface area contributed by atoms with E-state index in [0.717, 1.165) is 10.8 Å². The number of hydrogen-bond acceptors (Lipinski definition) is 5. The largest absolute Gasteiger partial charge is 0.483 e. The average Bonchev–Trinajstić information content (AvgIpc) is 2.62. The fourth-order valence-electron chi connectivity index (χ4n) is 2.71. The molecule has 3 aromatic rings. The first-order valence-corrected chi connectivity index (χ1v) is 7.98. The summed E-state index contributed by atoms with van der Waals surface area (Å²) in [7, 11) is 0. The number of amides is 1. The summed E-state index contributed by atoms with van der Waals surface area (Å²) in [5.41, 5.74) is 0.538. The molecule has 2 N–H and O–H groups in total. The Labute approximate surface area is 148 Å². The number of fused-ring (bicyclic) bond motifs is 3. The molecule has 0 radical (unpaired) electrons. The van der Waals surface area contributed by atoms with E-state index in [9.17, 15) is 14.4 Å². The van der Waals surface area contributed by atoms with Gasteiger partial charge >= 0.3 is 11.6 Å². The Balaban J connectivity index is 1.90. The zero-order valence-electron chi connectivity index (χ0n) is 14.2. The number of aryl methyl sites for hydroxylation is 1. The molecule has 1 amide bonds. The Morgan fingerprint density at radius 3 is 2.54 bits per heavy atom. The number of nitrogens with one attached hydrogen (secondary N) is 1. The smallest absolute Gasteiger partial charge is 0.344 e. The van der Waals surface area contributed by atoms with E-state index in [2.05, 4.69) is 5.32 Å². The van der Waals surface area contributed by atoms with Crippen molar-refractivity contribution < 1.29 is 23.8 Å². The van der Waals surface area contributed by atoms with Crippen molar-refractivity contribution in [3.05, 3.63) is 52.4 Å². The lowest BCUT2D eigenvalue weighted by molar-refractivity contribution is -0.141. The molecule has 26 heavy (non-hydrogen) atoms. The third kappa shape index (κ3) is 3.23. The molecule has 0 aliphatic heterocycles. The number of carbonyl (C=O) groups excluding carboxylic acids is 1. The van der Waals surface area contributed by atoms with Gasteiger partial charge in [-0.1, -0.05) is 18.2 Å². The maximum atomic E-state index is 12.2. The van der Waals surface area contributed by atoms with Crippen LogP contribution in [0.4, 0.5) is 0 Å². The molecule has 3 rings (SSSR count). The van der Waals surface area contributed by atoms with E-state index in [1.807, 2.05) is 12.1 Å². The van der Waals surface area contributed by atoms with Crippen molar-refractivity contribution in [2.24, 2.45) is 0 Å². The van der Waals surface area contributed by atoms with Gasteiger partial charge in [-0.3, -0.25) is 9.59 Å². The number of carbonyl (C=O) groups is 2. The highest BCUT2D eigenvalue weighted by molar-refractivity contribution is 6.05. The monoisotopic (exact) mass is 355 g/mol. The van der Waals surface area contributed by atoms with Crippen molar-refractivity contribution in [1.82, 2.24) is 5.32 Å². The number of hydrogen-bond donors (Lipinski definition) is 2. The minimum absolute atomic E-state index is 0.345. The molecule has 0 saturated heterocycles. The Kier molecular flexibility index (Phi) is 4.62. The number of carboxylic acids is 1. The molecule has 134 valence electrons. The van der Waals surface area contributed by atoms with Crippen molar-refractivity contribution >= 4 is 33.6 Å². The van der Waals surface area contributed by atoms with Crippen LogP contribution in [0, 0.1) is 6.92 Å². The molecule has 2 aromatic carbocycles. The summed E-state index contributed by atoms with van der Waals surface area (Å²) < 4.78 is 10.9. The van der Waals surface area contributed by atoms with Gasteiger partial charge in [0.05, 0.1) is 5.39 Å². The minimum Gasteiger partial charge on any atom is -0.483 e. The van der Waals surface area contributed by atoms with E-state index in [0.29, 0.717) is 22.3 Å². The third-order valence-corrected chi connectivity index (χ3v) is 4.09. The number of rotatable bonds is 5. The van der Waals surface area contributed by atoms with Crippen LogP contribution in [-0.4, -0.2) is 29.6 Å². The van der Waals surface area contributed by atoms with Crippen LogP contribution in [0.1, 0.15) is 12.5 Å². The predicted octanol–water partition coefficient (Wildman–Crippen LogP) is 2.22. The summed E-state index contributed by atoms with van der Waals surface area (Å²) in [5.74, 6) is -1.30. The van der Waals surface area contributed by atoms with E-state index in [-0.39, 0.29) is 6.61 Å². The topological polar surface area (TPSA) is 106 Å². The Hall–Kier alpha value is -3.35. The first kappa shape index (κ1) is 17.5. The van der Waals surface area contributed by atoms with Crippen molar-refractivity contribution in [3.8, 4) is 5.75 Å². The zero-order chi connectivity index (χ0) is 18.8. The molecule has 1 atom stereocenters. The number of benzene rings is 2. The summed E-state index contributed by atoms with van der Waals surface area (Å²) >= 11 is 0. The van der Waals surface area contributed by atoms with Crippen molar-refractivity contribution in [1.29, 1.82) is 0 Å². The van der Waals surface area contributed by atoms with Crippen LogP contribution in [0.2, 0.25) is 0 Å². The van der Waals surface area contributed by atoms with Gasteiger partial charge in [0.15, 0.2) is 6.61 Å². The van der Waals surface area contributed by atoms with Gasteiger partial charge in [0, 0.05) is 10.9 Å². The maximum Gasteiger partial charge on any atom is 0.344 e. The minimum atomic E-state index is -1.13. The standard InChI is InChI=1S/C19H17NO6/c1-10-15(25-9-16(21)20-11(2)18(22)23)8-7-13-12-5-3-4-6-14(12)19(24)26-17(10)13/h3-8,11H,9H2,1-2H3,(H,20,21)(H,22,23)/t11-/m0/s1. The van der Waals surface area contributed by atoms with E-state index < -0.39 is 23.5 Å². The van der Waals surface area contributed by atoms with Crippen LogP contribution in [0.3, 0.4) is 0 Å². The van der Waals surface area contributed by atoms with Crippen molar-refractivity contribution in [2.45, 2.75) is 19.9 Å². The zero-order valence-corrected chi connectivity index (χ0v) is 14.2. The van der Waals surface area contributed by atoms with Gasteiger partial charge in [-0.05, 0) is 37.4 Å². The van der Waals surface area contributed by atoms with Gasteiger partial charge < -0.3 is 19.6 Å². The van der Waals surface area contributed by atoms with Crippen LogP contribution >= 0.6 is 0 Å². The van der Waals surface area contributed by atoms with Crippen molar-refractivity contribution in [3.63, 3.8) is 0 Å². The second kappa shape index (κ2) is 6.87. The second-order valence-electron chi connectivity index (χ2n) is 5.92. The summed E-state index contributed by atoms with van der Waals surface area (Å²) in [5, 5.41) is 13.1. The van der Waals surface area contributed by atoms with Gasteiger partial charge in [-0.25, -0.2) is 4.79 Å². The van der Waals surface area contributed by atoms with Crippen LogP contribution in [0.25, 0.3) is 21.7 Å². The predicted molar refractivity (Wildman–Crippen MR) is 95.5 cm³/mol. The number of carboxylic acid groups (broad SMARTS) is 1. The van der Waals surface area contributed by atoms with Crippen LogP contribution in [0.15, 0.2) is 45.6 Å². The van der Waals surface area contributed by atoms with Gasteiger partial charge in [0.25, 0.3) is 5.91 Å². The van der Waals surface area contributed by atoms with Gasteiger partial charge in [0.1, 0.15) is 17.4 Å². The molecule has 1 aromatic heterocycles. The normalized spacial score (nSPS) is 12.1. The van der Waals surface area contributed by atoms with E-state index in [1.54, 1.807) is 31.2 Å². The molecule has 0 unspecified atom stereocenters. The maximum absolute atomic E-state index is 12.2. The fraction of sp³-hybridized carbons (Fsp3) is 0.211. The van der Waals surface area contributed by atoms with Crippen molar-refractivity contribution in [2.75, 3.05) is 6.61 Å². The molecule has 0 fully saturated rings. The molecule has 0 aliphatic carbocycles. The molecule has 1 heterocycles. The lowest BCUT2D eigenvalue weighted by Crippen LogP contribution is -2.40. The summed E-state index contributed by atoms with van der Waals surface area (Å²) in [4.78, 5) is 34.7. The van der Waals surface area contributed by atoms with Gasteiger partial charge in [0.2, 0.25) is 0 Å². The molecule has 0 bridgehead atoms. The molecule has 7 nitrogen and oxygen atoms in total. The van der Waals surface area contributed by atoms with Crippen LogP contribution in [-0.2, 0) is 9.59 Å². The molecule has 0 spiro atoms. The summed E-state index contributed by atoms with van der Waals surface area (Å²) in [6.45, 7) is 2.75. The molecule has 7 heteroatoms. The van der Waals surface area contributed by atoms with Gasteiger partial charge in [-0.2, -0.15) is 0 Å². The fourth-order valence-corrected chi connectivity index (χ4v) is 2.71. The molecule has 0 saturated carbocycles. The number of aliphatic carboxylic acids is 1. The van der Waals surface area contributed by atoms with E-state index in [4.69, 9.17) is 14.3 Å². The lowest BCUT2D eigenvalue weighted by atomic mass is 10.0. The van der Waals surface area contributed by atoms with E-state index >= 15 is 0 Å². The first-order valence-electron chi connectivity index (χ1n) is 7.98. The van der Waals surface area contributed by atoms with Crippen LogP contribution < -0.4 is 15.7 Å². The van der Waals surface area contributed by atoms with E-state index in [1.165, 1.54) is 6.92 Å². The third-order valence-electron chi connectivity index (χ3n) is 4.09. The van der Waals surface area contributed by atoms with Crippen LogP contribution in [0.5, 0.6) is 5.75 Å². The highest BCUT2D eigenvalue weighted by atomic mass is 16.5. The molecular formula is C19H17NO6. The molecular weight excluding hydrogens is 338 g/mol. The summed E-state index contributed by atoms with van der Waals surface area (Å²) in [6.07, 6.45) is 0. The average molecular weight is 355 g/mol. The second-order valence-corrected chi connectivity index (χ2v) is 5.92. The molecule has 0 aliphatic rings. The SMILES string of the molecule is Cc1c(OCC(=O)N[C@@H](C)C(=O)O)ccc2c1oc(=O)c1ccccc12. The highest BCUT2D eigenvalue weighted by Gasteiger charge is 2.16. The quantitative estimate of drug-likeness (QED) is 0.537. The highest BCUT2D eigenvalue weighted by Crippen LogP contribution is 2.30. The number of ether oxygens (including phenoxy) is 1. The Morgan fingerprint density at radius 1 is 1.15 bits per heavy atom. The summed E-state index contributed by atoms with van der Waals surface area (Å²) in [6, 6.07) is 9.61. The lowest BCUT2D eigenvalue weighted by Gasteiger charge is -2.13. The Morgan fingerprint density at radius 2 is 1.85 bits per heavy atom. The Bertz CT molecular complexity index is 1070. The van der Waals surface area contributed by atoms with Gasteiger partial charge in [-0.15, -0.1) is 0 Å².